The second-order valence-electron chi connectivity index (χ2n) is 7.46. The van der Waals surface area contributed by atoms with Crippen LogP contribution in [0.15, 0.2) is 29.3 Å². The predicted molar refractivity (Wildman–Crippen MR) is 113 cm³/mol. The number of guanidine groups is 1. The van der Waals surface area contributed by atoms with E-state index in [0.29, 0.717) is 5.41 Å². The van der Waals surface area contributed by atoms with E-state index in [0.717, 1.165) is 37.6 Å². The fourth-order valence-corrected chi connectivity index (χ4v) is 3.02. The zero-order valence-electron chi connectivity index (χ0n) is 15.8. The Morgan fingerprint density at radius 3 is 2.54 bits per heavy atom. The van der Waals surface area contributed by atoms with E-state index in [1.165, 1.54) is 5.56 Å². The van der Waals surface area contributed by atoms with Crippen LogP contribution in [0.3, 0.4) is 0 Å². The molecule has 1 aliphatic rings. The molecule has 0 atom stereocenters. The molecule has 1 N–H and O–H groups in total. The third kappa shape index (κ3) is 4.35. The summed E-state index contributed by atoms with van der Waals surface area (Å²) < 4.78 is 5.27. The second kappa shape index (κ2) is 8.41. The van der Waals surface area contributed by atoms with E-state index in [4.69, 9.17) is 4.74 Å². The molecule has 0 unspecified atom stereocenters. The van der Waals surface area contributed by atoms with E-state index in [-0.39, 0.29) is 29.5 Å². The van der Waals surface area contributed by atoms with Crippen molar-refractivity contribution >= 4 is 29.9 Å². The summed E-state index contributed by atoms with van der Waals surface area (Å²) in [6, 6.07) is 8.29. The number of benzene rings is 1. The topological polar surface area (TPSA) is 36.9 Å². The van der Waals surface area contributed by atoms with Gasteiger partial charge in [-0.25, -0.2) is 0 Å². The zero-order valence-corrected chi connectivity index (χ0v) is 18.2. The number of hydrogen-bond donors (Lipinski definition) is 1. The van der Waals surface area contributed by atoms with Gasteiger partial charge in [0.2, 0.25) is 0 Å². The van der Waals surface area contributed by atoms with E-state index in [9.17, 15) is 0 Å². The summed E-state index contributed by atoms with van der Waals surface area (Å²) in [5, 5.41) is 3.51. The van der Waals surface area contributed by atoms with Crippen LogP contribution in [0, 0.1) is 5.41 Å². The highest BCUT2D eigenvalue weighted by molar-refractivity contribution is 14.0. The molecule has 136 valence electrons. The average Bonchev–Trinajstić information content (AvgIpc) is 2.53. The number of halogens is 1. The van der Waals surface area contributed by atoms with E-state index >= 15 is 0 Å². The van der Waals surface area contributed by atoms with Crippen molar-refractivity contribution in [1.29, 1.82) is 0 Å². The number of nitrogens with zero attached hydrogens (tertiary/aromatic N) is 2. The molecule has 5 heteroatoms. The van der Waals surface area contributed by atoms with Crippen molar-refractivity contribution in [3.8, 4) is 5.75 Å². The van der Waals surface area contributed by atoms with Crippen LogP contribution in [0.4, 0.5) is 0 Å². The lowest BCUT2D eigenvalue weighted by atomic mass is 9.65. The van der Waals surface area contributed by atoms with Crippen LogP contribution in [0.2, 0.25) is 0 Å². The molecule has 1 aromatic rings. The van der Waals surface area contributed by atoms with Crippen molar-refractivity contribution in [1.82, 2.24) is 10.2 Å². The number of methoxy groups -OCH3 is 1. The van der Waals surface area contributed by atoms with Crippen molar-refractivity contribution in [3.05, 3.63) is 29.8 Å². The molecule has 2 rings (SSSR count). The third-order valence-corrected chi connectivity index (χ3v) is 5.41. The van der Waals surface area contributed by atoms with Crippen molar-refractivity contribution in [2.24, 2.45) is 10.4 Å². The SMILES string of the molecule is CN=C(NCCCc1cccc(OC)c1)N1CC(C)(C)C1(C)C.I. The maximum Gasteiger partial charge on any atom is 0.194 e. The highest BCUT2D eigenvalue weighted by Crippen LogP contribution is 2.46. The van der Waals surface area contributed by atoms with Gasteiger partial charge in [0.05, 0.1) is 7.11 Å². The Balaban J connectivity index is 0.00000288. The van der Waals surface area contributed by atoms with Crippen LogP contribution >= 0.6 is 24.0 Å². The van der Waals surface area contributed by atoms with E-state index in [1.54, 1.807) is 7.11 Å². The van der Waals surface area contributed by atoms with Gasteiger partial charge in [0.15, 0.2) is 5.96 Å². The lowest BCUT2D eigenvalue weighted by Gasteiger charge is -2.62. The minimum atomic E-state index is 0. The minimum Gasteiger partial charge on any atom is -0.497 e. The van der Waals surface area contributed by atoms with Crippen molar-refractivity contribution in [2.75, 3.05) is 27.2 Å². The van der Waals surface area contributed by atoms with Crippen molar-refractivity contribution in [2.45, 2.75) is 46.1 Å². The molecule has 1 saturated heterocycles. The number of aryl methyl sites for hydroxylation is 1. The Hall–Kier alpha value is -0.980. The van der Waals surface area contributed by atoms with Gasteiger partial charge >= 0.3 is 0 Å². The Kier molecular flexibility index (Phi) is 7.38. The van der Waals surface area contributed by atoms with E-state index < -0.39 is 0 Å². The maximum absolute atomic E-state index is 5.27. The van der Waals surface area contributed by atoms with Gasteiger partial charge in [0, 0.05) is 31.1 Å². The summed E-state index contributed by atoms with van der Waals surface area (Å²) >= 11 is 0. The normalized spacial score (nSPS) is 18.4. The monoisotopic (exact) mass is 445 g/mol. The molecule has 4 nitrogen and oxygen atoms in total. The molecule has 1 aliphatic heterocycles. The highest BCUT2D eigenvalue weighted by atomic mass is 127. The smallest absolute Gasteiger partial charge is 0.194 e. The number of rotatable bonds is 5. The summed E-state index contributed by atoms with van der Waals surface area (Å²) in [4.78, 5) is 6.83. The van der Waals surface area contributed by atoms with Gasteiger partial charge in [-0.05, 0) is 44.4 Å². The first-order valence-corrected chi connectivity index (χ1v) is 8.43. The number of ether oxygens (including phenoxy) is 1. The van der Waals surface area contributed by atoms with Crippen LogP contribution in [0.1, 0.15) is 39.7 Å². The Labute approximate surface area is 164 Å². The number of likely N-dealkylation sites (tertiary alicyclic amines) is 1. The summed E-state index contributed by atoms with van der Waals surface area (Å²) in [6.45, 7) is 11.2. The van der Waals surface area contributed by atoms with Crippen LogP contribution < -0.4 is 10.1 Å². The van der Waals surface area contributed by atoms with Crippen LogP contribution in [-0.2, 0) is 6.42 Å². The summed E-state index contributed by atoms with van der Waals surface area (Å²) in [7, 11) is 3.58. The minimum absolute atomic E-state index is 0. The number of aliphatic imine (C=N–C) groups is 1. The zero-order chi connectivity index (χ0) is 17.1. The highest BCUT2D eigenvalue weighted by Gasteiger charge is 2.53. The molecular formula is C19H32IN3O. The first kappa shape index (κ1) is 21.1. The summed E-state index contributed by atoms with van der Waals surface area (Å²) in [5.41, 5.74) is 1.78. The fourth-order valence-electron chi connectivity index (χ4n) is 3.02. The molecule has 0 bridgehead atoms. The number of hydrogen-bond acceptors (Lipinski definition) is 2. The molecule has 1 fully saturated rings. The fraction of sp³-hybridized carbons (Fsp3) is 0.632. The maximum atomic E-state index is 5.27. The quantitative estimate of drug-likeness (QED) is 0.323. The third-order valence-electron chi connectivity index (χ3n) is 5.41. The van der Waals surface area contributed by atoms with Gasteiger partial charge < -0.3 is 15.0 Å². The Morgan fingerprint density at radius 2 is 2.00 bits per heavy atom. The molecule has 0 aliphatic carbocycles. The summed E-state index contributed by atoms with van der Waals surface area (Å²) in [6.07, 6.45) is 2.11. The van der Waals surface area contributed by atoms with Crippen LogP contribution in [-0.4, -0.2) is 43.6 Å². The van der Waals surface area contributed by atoms with Gasteiger partial charge in [-0.15, -0.1) is 24.0 Å². The van der Waals surface area contributed by atoms with Gasteiger partial charge in [0.1, 0.15) is 5.75 Å². The molecular weight excluding hydrogens is 413 g/mol. The average molecular weight is 445 g/mol. The molecule has 1 heterocycles. The molecule has 0 spiro atoms. The van der Waals surface area contributed by atoms with E-state index in [1.807, 2.05) is 19.2 Å². The Morgan fingerprint density at radius 1 is 1.29 bits per heavy atom. The van der Waals surface area contributed by atoms with Gasteiger partial charge in [0.25, 0.3) is 0 Å². The van der Waals surface area contributed by atoms with Gasteiger partial charge in [-0.1, -0.05) is 26.0 Å². The Bertz CT molecular complexity index is 569. The molecule has 0 saturated carbocycles. The lowest BCUT2D eigenvalue weighted by Crippen LogP contribution is -2.72. The summed E-state index contributed by atoms with van der Waals surface area (Å²) in [5.74, 6) is 1.94. The number of nitrogens with one attached hydrogen (secondary N) is 1. The first-order valence-electron chi connectivity index (χ1n) is 8.43. The van der Waals surface area contributed by atoms with Crippen molar-refractivity contribution in [3.63, 3.8) is 0 Å². The largest absolute Gasteiger partial charge is 0.497 e. The molecule has 24 heavy (non-hydrogen) atoms. The first-order chi connectivity index (χ1) is 10.8. The molecule has 0 aromatic heterocycles. The van der Waals surface area contributed by atoms with Gasteiger partial charge in [-0.2, -0.15) is 0 Å². The molecule has 0 amide bonds. The predicted octanol–water partition coefficient (Wildman–Crippen LogP) is 3.94. The molecule has 0 radical (unpaired) electrons. The second-order valence-corrected chi connectivity index (χ2v) is 7.46. The lowest BCUT2D eigenvalue weighted by molar-refractivity contribution is -0.0667. The van der Waals surface area contributed by atoms with Crippen LogP contribution in [0.25, 0.3) is 0 Å². The van der Waals surface area contributed by atoms with Gasteiger partial charge in [-0.3, -0.25) is 4.99 Å². The van der Waals surface area contributed by atoms with Crippen LogP contribution in [0.5, 0.6) is 5.75 Å². The molecule has 1 aromatic carbocycles. The van der Waals surface area contributed by atoms with E-state index in [2.05, 4.69) is 55.0 Å². The standard InChI is InChI=1S/C19H31N3O.HI/c1-18(2)14-22(19(18,3)4)17(20-5)21-12-8-10-15-9-7-11-16(13-15)23-6;/h7,9,11,13H,8,10,12,14H2,1-6H3,(H,20,21);1H. The van der Waals surface area contributed by atoms with Crippen molar-refractivity contribution < 1.29 is 4.74 Å².